The van der Waals surface area contributed by atoms with Crippen molar-refractivity contribution in [2.75, 3.05) is 18.0 Å². The van der Waals surface area contributed by atoms with Crippen LogP contribution < -0.4 is 10.2 Å². The first kappa shape index (κ1) is 16.3. The van der Waals surface area contributed by atoms with Crippen LogP contribution in [-0.4, -0.2) is 50.7 Å². The van der Waals surface area contributed by atoms with Crippen LogP contribution in [-0.2, 0) is 0 Å². The van der Waals surface area contributed by atoms with Gasteiger partial charge in [-0.15, -0.1) is 10.2 Å². The summed E-state index contributed by atoms with van der Waals surface area (Å²) >= 11 is 0. The molecule has 0 unspecified atom stereocenters. The molecule has 0 spiro atoms. The van der Waals surface area contributed by atoms with Crippen molar-refractivity contribution in [3.05, 3.63) is 42.7 Å². The molecule has 0 bridgehead atoms. The Morgan fingerprint density at radius 2 is 1.96 bits per heavy atom. The molecular formula is C20H22N6O. The van der Waals surface area contributed by atoms with Crippen molar-refractivity contribution in [3.8, 4) is 28.1 Å². The monoisotopic (exact) mass is 362 g/mol. The number of aromatic nitrogens is 4. The van der Waals surface area contributed by atoms with E-state index in [9.17, 15) is 5.11 Å². The van der Waals surface area contributed by atoms with Crippen LogP contribution in [0.3, 0.4) is 0 Å². The summed E-state index contributed by atoms with van der Waals surface area (Å²) in [5, 5.41) is 29.6. The summed E-state index contributed by atoms with van der Waals surface area (Å²) in [6, 6.07) is 10.7. The highest BCUT2D eigenvalue weighted by molar-refractivity contribution is 5.73. The molecule has 27 heavy (non-hydrogen) atoms. The van der Waals surface area contributed by atoms with Gasteiger partial charge >= 0.3 is 0 Å². The van der Waals surface area contributed by atoms with E-state index in [1.807, 2.05) is 24.3 Å². The van der Waals surface area contributed by atoms with Gasteiger partial charge in [0, 0.05) is 42.5 Å². The molecule has 3 heterocycles. The van der Waals surface area contributed by atoms with Crippen molar-refractivity contribution in [2.45, 2.75) is 31.3 Å². The van der Waals surface area contributed by atoms with Gasteiger partial charge in [-0.05, 0) is 49.1 Å². The van der Waals surface area contributed by atoms with Crippen molar-refractivity contribution in [2.24, 2.45) is 0 Å². The third-order valence-corrected chi connectivity index (χ3v) is 5.32. The Morgan fingerprint density at radius 3 is 2.67 bits per heavy atom. The quantitative estimate of drug-likeness (QED) is 0.646. The van der Waals surface area contributed by atoms with Crippen molar-refractivity contribution in [1.82, 2.24) is 25.7 Å². The van der Waals surface area contributed by atoms with E-state index in [1.165, 1.54) is 12.8 Å². The fraction of sp³-hybridized carbons (Fsp3) is 0.350. The summed E-state index contributed by atoms with van der Waals surface area (Å²) in [4.78, 5) is 2.28. The molecule has 5 rings (SSSR count). The van der Waals surface area contributed by atoms with Crippen molar-refractivity contribution in [3.63, 3.8) is 0 Å². The van der Waals surface area contributed by atoms with Crippen molar-refractivity contribution >= 4 is 5.82 Å². The average Bonchev–Trinajstić information content (AvgIpc) is 3.15. The predicted octanol–water partition coefficient (Wildman–Crippen LogP) is 2.57. The maximum absolute atomic E-state index is 10.4. The molecule has 138 valence electrons. The molecule has 1 saturated heterocycles. The third kappa shape index (κ3) is 3.38. The minimum atomic E-state index is 0.186. The molecule has 0 radical (unpaired) electrons. The van der Waals surface area contributed by atoms with Gasteiger partial charge in [-0.1, -0.05) is 6.07 Å². The molecule has 7 heteroatoms. The van der Waals surface area contributed by atoms with Gasteiger partial charge in [-0.25, -0.2) is 0 Å². The van der Waals surface area contributed by atoms with Crippen LogP contribution in [0.4, 0.5) is 5.82 Å². The third-order valence-electron chi connectivity index (χ3n) is 5.32. The lowest BCUT2D eigenvalue weighted by atomic mass is 10.0. The number of aromatic hydroxyl groups is 1. The van der Waals surface area contributed by atoms with Crippen LogP contribution in [0.1, 0.15) is 19.3 Å². The van der Waals surface area contributed by atoms with Crippen molar-refractivity contribution < 1.29 is 5.11 Å². The van der Waals surface area contributed by atoms with E-state index in [2.05, 4.69) is 30.6 Å². The number of H-pyrrole nitrogens is 1. The van der Waals surface area contributed by atoms with Gasteiger partial charge in [0.1, 0.15) is 5.75 Å². The molecule has 2 fully saturated rings. The van der Waals surface area contributed by atoms with Crippen LogP contribution in [0, 0.1) is 0 Å². The van der Waals surface area contributed by atoms with E-state index in [4.69, 9.17) is 0 Å². The Morgan fingerprint density at radius 1 is 1.04 bits per heavy atom. The van der Waals surface area contributed by atoms with E-state index in [0.29, 0.717) is 17.3 Å². The number of benzene rings is 1. The minimum Gasteiger partial charge on any atom is -0.507 e. The lowest BCUT2D eigenvalue weighted by Crippen LogP contribution is -2.34. The molecule has 2 aromatic heterocycles. The summed E-state index contributed by atoms with van der Waals surface area (Å²) in [5.74, 6) is 1.08. The second-order valence-electron chi connectivity index (χ2n) is 7.37. The zero-order valence-corrected chi connectivity index (χ0v) is 15.0. The minimum absolute atomic E-state index is 0.186. The highest BCUT2D eigenvalue weighted by Crippen LogP contribution is 2.32. The molecule has 0 amide bonds. The Bertz CT molecular complexity index is 920. The number of rotatable bonds is 5. The largest absolute Gasteiger partial charge is 0.507 e. The number of hydrogen-bond donors (Lipinski definition) is 3. The number of nitrogens with zero attached hydrogens (tertiary/aromatic N) is 4. The van der Waals surface area contributed by atoms with Gasteiger partial charge in [0.25, 0.3) is 0 Å². The average molecular weight is 362 g/mol. The number of phenolic OH excluding ortho intramolecular Hbond substituents is 1. The second kappa shape index (κ2) is 6.66. The first-order chi connectivity index (χ1) is 13.3. The number of hydrogen-bond acceptors (Lipinski definition) is 6. The van der Waals surface area contributed by atoms with E-state index in [1.54, 1.807) is 18.5 Å². The molecule has 1 saturated carbocycles. The molecule has 1 aliphatic carbocycles. The molecule has 1 atom stereocenters. The van der Waals surface area contributed by atoms with E-state index < -0.39 is 0 Å². The summed E-state index contributed by atoms with van der Waals surface area (Å²) in [7, 11) is 0. The first-order valence-electron chi connectivity index (χ1n) is 9.43. The fourth-order valence-corrected chi connectivity index (χ4v) is 3.66. The zero-order chi connectivity index (χ0) is 18.2. The van der Waals surface area contributed by atoms with Gasteiger partial charge in [0.2, 0.25) is 0 Å². The summed E-state index contributed by atoms with van der Waals surface area (Å²) in [6.45, 7) is 1.98. The molecule has 1 aliphatic heterocycles. The topological polar surface area (TPSA) is 90.0 Å². The van der Waals surface area contributed by atoms with Crippen LogP contribution >= 0.6 is 0 Å². The summed E-state index contributed by atoms with van der Waals surface area (Å²) in [5.41, 5.74) is 3.18. The van der Waals surface area contributed by atoms with Gasteiger partial charge in [-0.2, -0.15) is 5.10 Å². The Hall–Kier alpha value is -2.93. The highest BCUT2D eigenvalue weighted by atomic mass is 16.3. The normalized spacial score (nSPS) is 19.6. The van der Waals surface area contributed by atoms with Crippen LogP contribution in [0.2, 0.25) is 0 Å². The molecule has 3 aromatic rings. The lowest BCUT2D eigenvalue weighted by Gasteiger charge is -2.17. The van der Waals surface area contributed by atoms with Gasteiger partial charge in [0.15, 0.2) is 5.82 Å². The van der Waals surface area contributed by atoms with Crippen LogP contribution in [0.5, 0.6) is 5.75 Å². The standard InChI is InChI=1S/C20H22N6O/c27-19-9-13(14-10-21-22-11-14)1-4-17(19)18-5-6-20(25-24-18)26-8-7-16(12-26)23-15-2-3-15/h1,4-6,9-11,15-16,23,27H,2-3,7-8,12H2,(H,21,22)/t16-/m1/s1. The maximum Gasteiger partial charge on any atom is 0.151 e. The molecular weight excluding hydrogens is 340 g/mol. The van der Waals surface area contributed by atoms with Gasteiger partial charge in [-0.3, -0.25) is 5.10 Å². The highest BCUT2D eigenvalue weighted by Gasteiger charge is 2.29. The predicted molar refractivity (Wildman–Crippen MR) is 103 cm³/mol. The Labute approximate surface area is 157 Å². The number of nitrogens with one attached hydrogen (secondary N) is 2. The number of phenols is 1. The number of aromatic amines is 1. The first-order valence-corrected chi connectivity index (χ1v) is 9.43. The lowest BCUT2D eigenvalue weighted by molar-refractivity contribution is 0.477. The van der Waals surface area contributed by atoms with E-state index >= 15 is 0 Å². The van der Waals surface area contributed by atoms with Gasteiger partial charge < -0.3 is 15.3 Å². The van der Waals surface area contributed by atoms with Crippen LogP contribution in [0.15, 0.2) is 42.7 Å². The molecule has 1 aromatic carbocycles. The molecule has 3 N–H and O–H groups in total. The molecule has 7 nitrogen and oxygen atoms in total. The Balaban J connectivity index is 1.31. The van der Waals surface area contributed by atoms with E-state index in [0.717, 1.165) is 42.5 Å². The smallest absolute Gasteiger partial charge is 0.151 e. The summed E-state index contributed by atoms with van der Waals surface area (Å²) in [6.07, 6.45) is 7.30. The van der Waals surface area contributed by atoms with Crippen molar-refractivity contribution in [1.29, 1.82) is 0 Å². The zero-order valence-electron chi connectivity index (χ0n) is 15.0. The second-order valence-corrected chi connectivity index (χ2v) is 7.37. The van der Waals surface area contributed by atoms with Gasteiger partial charge in [0.05, 0.1) is 11.9 Å². The van der Waals surface area contributed by atoms with Crippen LogP contribution in [0.25, 0.3) is 22.4 Å². The fourth-order valence-electron chi connectivity index (χ4n) is 3.66. The SMILES string of the molecule is Oc1cc(-c2cn[nH]c2)ccc1-c1ccc(N2CC[C@@H](NC3CC3)C2)nn1. The maximum atomic E-state index is 10.4. The Kier molecular flexibility index (Phi) is 4.01. The number of anilines is 1. The van der Waals surface area contributed by atoms with E-state index in [-0.39, 0.29) is 5.75 Å². The summed E-state index contributed by atoms with van der Waals surface area (Å²) < 4.78 is 0. The molecule has 2 aliphatic rings.